The topological polar surface area (TPSA) is 84.5 Å². The van der Waals surface area contributed by atoms with Crippen LogP contribution < -0.4 is 14.8 Å². The van der Waals surface area contributed by atoms with E-state index in [1.807, 2.05) is 0 Å². The summed E-state index contributed by atoms with van der Waals surface area (Å²) in [4.78, 5) is 12.1. The number of sulfonamides is 1. The first-order valence-corrected chi connectivity index (χ1v) is 10.8. The van der Waals surface area contributed by atoms with E-state index in [1.54, 1.807) is 24.3 Å². The van der Waals surface area contributed by atoms with Gasteiger partial charge in [-0.05, 0) is 60.7 Å². The third kappa shape index (κ3) is 5.51. The van der Waals surface area contributed by atoms with E-state index in [2.05, 4.69) is 10.0 Å². The Balaban J connectivity index is 1.75. The lowest BCUT2D eigenvalue weighted by molar-refractivity contribution is -0.137. The summed E-state index contributed by atoms with van der Waals surface area (Å²) in [5.74, 6) is 0.0690. The Morgan fingerprint density at radius 1 is 0.969 bits per heavy atom. The highest BCUT2D eigenvalue weighted by atomic mass is 35.5. The van der Waals surface area contributed by atoms with Gasteiger partial charge in [0.2, 0.25) is 0 Å². The molecule has 6 nitrogen and oxygen atoms in total. The van der Waals surface area contributed by atoms with Crippen molar-refractivity contribution in [2.75, 3.05) is 17.1 Å². The molecule has 0 bridgehead atoms. The van der Waals surface area contributed by atoms with Gasteiger partial charge in [-0.15, -0.1) is 0 Å². The third-order valence-corrected chi connectivity index (χ3v) is 6.01. The molecule has 0 aliphatic heterocycles. The number of carbonyl (C=O) groups excluding carboxylic acids is 1. The second kappa shape index (κ2) is 9.09. The van der Waals surface area contributed by atoms with E-state index in [1.165, 1.54) is 31.4 Å². The highest BCUT2D eigenvalue weighted by molar-refractivity contribution is 7.92. The van der Waals surface area contributed by atoms with Crippen LogP contribution in [0.4, 0.5) is 24.5 Å². The Morgan fingerprint density at radius 2 is 1.62 bits per heavy atom. The van der Waals surface area contributed by atoms with Crippen LogP contribution in [0.15, 0.2) is 71.6 Å². The first-order valence-electron chi connectivity index (χ1n) is 8.94. The van der Waals surface area contributed by atoms with Gasteiger partial charge in [0, 0.05) is 16.9 Å². The molecule has 3 rings (SSSR count). The SMILES string of the molecule is COc1cccc(C(=O)Nc2ccc(S(=O)(=O)Nc3ccc(Cl)c(C(F)(F)F)c3)cc2)c1. The molecule has 3 aromatic rings. The fraction of sp³-hybridized carbons (Fsp3) is 0.0952. The summed E-state index contributed by atoms with van der Waals surface area (Å²) < 4.78 is 71.2. The number of benzene rings is 3. The molecule has 0 atom stereocenters. The van der Waals surface area contributed by atoms with Gasteiger partial charge in [0.25, 0.3) is 15.9 Å². The van der Waals surface area contributed by atoms with Gasteiger partial charge in [-0.3, -0.25) is 9.52 Å². The summed E-state index contributed by atoms with van der Waals surface area (Å²) in [5.41, 5.74) is -0.791. The highest BCUT2D eigenvalue weighted by Gasteiger charge is 2.33. The van der Waals surface area contributed by atoms with E-state index >= 15 is 0 Å². The van der Waals surface area contributed by atoms with Crippen LogP contribution in [-0.4, -0.2) is 21.4 Å². The molecule has 32 heavy (non-hydrogen) atoms. The fourth-order valence-electron chi connectivity index (χ4n) is 2.71. The maximum absolute atomic E-state index is 13.0. The minimum atomic E-state index is -4.73. The minimum absolute atomic E-state index is 0.208. The zero-order valence-electron chi connectivity index (χ0n) is 16.4. The molecular weight excluding hydrogens is 469 g/mol. The van der Waals surface area contributed by atoms with Gasteiger partial charge >= 0.3 is 6.18 Å². The molecule has 0 aromatic heterocycles. The molecule has 0 heterocycles. The van der Waals surface area contributed by atoms with Crippen LogP contribution in [0.3, 0.4) is 0 Å². The molecule has 0 radical (unpaired) electrons. The first-order chi connectivity index (χ1) is 15.0. The molecule has 0 aliphatic rings. The van der Waals surface area contributed by atoms with E-state index in [9.17, 15) is 26.4 Å². The van der Waals surface area contributed by atoms with Gasteiger partial charge in [-0.1, -0.05) is 17.7 Å². The van der Waals surface area contributed by atoms with Crippen molar-refractivity contribution in [3.63, 3.8) is 0 Å². The van der Waals surface area contributed by atoms with Crippen LogP contribution in [0.5, 0.6) is 5.75 Å². The van der Waals surface area contributed by atoms with Crippen molar-refractivity contribution in [1.29, 1.82) is 0 Å². The van der Waals surface area contributed by atoms with Crippen molar-refractivity contribution < 1.29 is 31.1 Å². The first kappa shape index (κ1) is 23.4. The zero-order chi connectivity index (χ0) is 23.5. The van der Waals surface area contributed by atoms with E-state index < -0.39 is 32.7 Å². The Hall–Kier alpha value is -3.24. The monoisotopic (exact) mass is 484 g/mol. The van der Waals surface area contributed by atoms with Crippen molar-refractivity contribution in [1.82, 2.24) is 0 Å². The van der Waals surface area contributed by atoms with Crippen LogP contribution in [-0.2, 0) is 16.2 Å². The smallest absolute Gasteiger partial charge is 0.417 e. The number of alkyl halides is 3. The van der Waals surface area contributed by atoms with E-state index in [4.69, 9.17) is 16.3 Å². The average Bonchev–Trinajstić information content (AvgIpc) is 2.74. The van der Waals surface area contributed by atoms with Crippen LogP contribution in [0.2, 0.25) is 5.02 Å². The van der Waals surface area contributed by atoms with E-state index in [0.717, 1.165) is 12.1 Å². The molecule has 11 heteroatoms. The molecule has 0 spiro atoms. The van der Waals surface area contributed by atoms with Crippen molar-refractivity contribution in [3.8, 4) is 5.75 Å². The number of carbonyl (C=O) groups is 1. The summed E-state index contributed by atoms with van der Waals surface area (Å²) in [6, 6.07) is 14.3. The Bertz CT molecular complexity index is 1250. The number of rotatable bonds is 6. The molecule has 0 fully saturated rings. The van der Waals surface area contributed by atoms with Gasteiger partial charge in [0.05, 0.1) is 22.6 Å². The lowest BCUT2D eigenvalue weighted by atomic mass is 10.2. The molecule has 0 unspecified atom stereocenters. The Kier molecular flexibility index (Phi) is 6.65. The van der Waals surface area contributed by atoms with Crippen LogP contribution in [0.25, 0.3) is 0 Å². The van der Waals surface area contributed by atoms with Gasteiger partial charge < -0.3 is 10.1 Å². The molecule has 0 saturated carbocycles. The molecule has 2 N–H and O–H groups in total. The lowest BCUT2D eigenvalue weighted by Crippen LogP contribution is -2.15. The van der Waals surface area contributed by atoms with Gasteiger partial charge in [-0.2, -0.15) is 13.2 Å². The van der Waals surface area contributed by atoms with Crippen molar-refractivity contribution >= 4 is 38.9 Å². The molecule has 0 aliphatic carbocycles. The predicted octanol–water partition coefficient (Wildman–Crippen LogP) is 5.42. The maximum Gasteiger partial charge on any atom is 0.417 e. The number of hydrogen-bond acceptors (Lipinski definition) is 4. The number of hydrogen-bond donors (Lipinski definition) is 2. The Labute approximate surface area is 187 Å². The highest BCUT2D eigenvalue weighted by Crippen LogP contribution is 2.36. The van der Waals surface area contributed by atoms with Gasteiger partial charge in [0.1, 0.15) is 5.75 Å². The van der Waals surface area contributed by atoms with Crippen molar-refractivity contribution in [3.05, 3.63) is 82.9 Å². The minimum Gasteiger partial charge on any atom is -0.497 e. The molecule has 168 valence electrons. The number of anilines is 2. The number of amides is 1. The van der Waals surface area contributed by atoms with Crippen molar-refractivity contribution in [2.45, 2.75) is 11.1 Å². The van der Waals surface area contributed by atoms with E-state index in [-0.39, 0.29) is 10.6 Å². The quantitative estimate of drug-likeness (QED) is 0.489. The summed E-state index contributed by atoms with van der Waals surface area (Å²) in [7, 11) is -2.71. The summed E-state index contributed by atoms with van der Waals surface area (Å²) in [6.45, 7) is 0. The summed E-state index contributed by atoms with van der Waals surface area (Å²) in [5, 5.41) is 2.07. The standard InChI is InChI=1S/C21H16ClF3N2O4S/c1-31-16-4-2-3-13(11-16)20(28)26-14-5-8-17(9-6-14)32(29,30)27-15-7-10-19(22)18(12-15)21(23,24)25/h2-12,27H,1H3,(H,26,28). The predicted molar refractivity (Wildman–Crippen MR) is 115 cm³/mol. The zero-order valence-corrected chi connectivity index (χ0v) is 18.0. The second-order valence-corrected chi connectivity index (χ2v) is 8.60. The number of nitrogens with one attached hydrogen (secondary N) is 2. The van der Waals surface area contributed by atoms with Crippen LogP contribution >= 0.6 is 11.6 Å². The summed E-state index contributed by atoms with van der Waals surface area (Å²) >= 11 is 5.55. The molecular formula is C21H16ClF3N2O4S. The summed E-state index contributed by atoms with van der Waals surface area (Å²) in [6.07, 6.45) is -4.73. The van der Waals surface area contributed by atoms with Gasteiger partial charge in [-0.25, -0.2) is 8.42 Å². The van der Waals surface area contributed by atoms with Crippen LogP contribution in [0, 0.1) is 0 Å². The normalized spacial score (nSPS) is 11.7. The number of halogens is 4. The molecule has 3 aromatic carbocycles. The largest absolute Gasteiger partial charge is 0.497 e. The Morgan fingerprint density at radius 3 is 2.25 bits per heavy atom. The third-order valence-electron chi connectivity index (χ3n) is 4.28. The van der Waals surface area contributed by atoms with E-state index in [0.29, 0.717) is 23.1 Å². The maximum atomic E-state index is 13.0. The second-order valence-electron chi connectivity index (χ2n) is 6.51. The van der Waals surface area contributed by atoms with Crippen LogP contribution in [0.1, 0.15) is 15.9 Å². The number of methoxy groups -OCH3 is 1. The number of ether oxygens (including phenoxy) is 1. The average molecular weight is 485 g/mol. The fourth-order valence-corrected chi connectivity index (χ4v) is 3.98. The van der Waals surface area contributed by atoms with Gasteiger partial charge in [0.15, 0.2) is 0 Å². The molecule has 0 saturated heterocycles. The molecule has 1 amide bonds. The lowest BCUT2D eigenvalue weighted by Gasteiger charge is -2.13. The van der Waals surface area contributed by atoms with Crippen molar-refractivity contribution in [2.24, 2.45) is 0 Å².